The number of hydrogen-bond acceptors (Lipinski definition) is 3. The summed E-state index contributed by atoms with van der Waals surface area (Å²) in [4.78, 5) is 36.8. The molecule has 28 heavy (non-hydrogen) atoms. The van der Waals surface area contributed by atoms with Crippen LogP contribution < -0.4 is 10.6 Å². The van der Waals surface area contributed by atoms with E-state index in [2.05, 4.69) is 10.6 Å². The second-order valence-corrected chi connectivity index (χ2v) is 6.63. The van der Waals surface area contributed by atoms with E-state index < -0.39 is 17.3 Å². The van der Waals surface area contributed by atoms with Crippen LogP contribution in [0.2, 0.25) is 0 Å². The quantitative estimate of drug-likeness (QED) is 0.621. The van der Waals surface area contributed by atoms with Crippen LogP contribution >= 0.6 is 0 Å². The Morgan fingerprint density at radius 1 is 0.893 bits per heavy atom. The van der Waals surface area contributed by atoms with Gasteiger partial charge in [0.15, 0.2) is 0 Å². The summed E-state index contributed by atoms with van der Waals surface area (Å²) in [5.74, 6) is -1.65. The number of rotatable bonds is 9. The maximum Gasteiger partial charge on any atom is 0.315 e. The molecular weight excluding hydrogens is 356 g/mol. The van der Waals surface area contributed by atoms with E-state index >= 15 is 0 Å². The Morgan fingerprint density at radius 3 is 2.04 bits per heavy atom. The predicted molar refractivity (Wildman–Crippen MR) is 107 cm³/mol. The molecular formula is C22H26N2O4. The van der Waals surface area contributed by atoms with Crippen molar-refractivity contribution in [3.63, 3.8) is 0 Å². The number of benzene rings is 2. The zero-order valence-corrected chi connectivity index (χ0v) is 16.2. The number of carboxylic acids is 1. The Balaban J connectivity index is 2.17. The number of amides is 2. The van der Waals surface area contributed by atoms with Crippen LogP contribution in [0.4, 0.5) is 0 Å². The molecule has 2 aromatic rings. The van der Waals surface area contributed by atoms with Crippen molar-refractivity contribution in [3.8, 4) is 0 Å². The topological polar surface area (TPSA) is 95.5 Å². The van der Waals surface area contributed by atoms with Crippen molar-refractivity contribution in [2.75, 3.05) is 13.1 Å². The molecule has 0 radical (unpaired) electrons. The number of carboxylic acid groups (broad SMARTS) is 1. The van der Waals surface area contributed by atoms with Gasteiger partial charge >= 0.3 is 5.97 Å². The first-order chi connectivity index (χ1) is 13.4. The predicted octanol–water partition coefficient (Wildman–Crippen LogP) is 2.99. The summed E-state index contributed by atoms with van der Waals surface area (Å²) in [6.07, 6.45) is 1.14. The van der Waals surface area contributed by atoms with Gasteiger partial charge in [0.2, 0.25) is 0 Å². The van der Waals surface area contributed by atoms with E-state index in [0.717, 1.165) is 6.42 Å². The molecule has 2 aromatic carbocycles. The third kappa shape index (κ3) is 4.76. The van der Waals surface area contributed by atoms with Gasteiger partial charge in [-0.3, -0.25) is 14.4 Å². The Hall–Kier alpha value is -3.15. The maximum absolute atomic E-state index is 12.6. The summed E-state index contributed by atoms with van der Waals surface area (Å²) < 4.78 is 0. The van der Waals surface area contributed by atoms with Gasteiger partial charge in [0.1, 0.15) is 5.41 Å². The van der Waals surface area contributed by atoms with Gasteiger partial charge in [-0.1, -0.05) is 50.2 Å². The third-order valence-corrected chi connectivity index (χ3v) is 4.81. The standard InChI is InChI=1S/C22H26N2O4/c1-3-13-23-19(25)16-9-8-10-17(14-16)20(26)24-15-22(4-2,21(27)28)18-11-6-5-7-12-18/h5-12,14H,3-4,13,15H2,1-2H3,(H,23,25)(H,24,26)(H,27,28). The molecule has 0 saturated carbocycles. The van der Waals surface area contributed by atoms with E-state index in [9.17, 15) is 19.5 Å². The Kier molecular flexibility index (Phi) is 7.32. The SMILES string of the molecule is CCCNC(=O)c1cccc(C(=O)NCC(CC)(C(=O)O)c2ccccc2)c1. The van der Waals surface area contributed by atoms with Crippen molar-refractivity contribution in [2.24, 2.45) is 0 Å². The highest BCUT2D eigenvalue weighted by molar-refractivity contribution is 6.00. The zero-order valence-electron chi connectivity index (χ0n) is 16.2. The minimum Gasteiger partial charge on any atom is -0.481 e. The van der Waals surface area contributed by atoms with Crippen LogP contribution in [0, 0.1) is 0 Å². The average Bonchev–Trinajstić information content (AvgIpc) is 2.73. The van der Waals surface area contributed by atoms with Gasteiger partial charge < -0.3 is 15.7 Å². The lowest BCUT2D eigenvalue weighted by Gasteiger charge is -2.29. The summed E-state index contributed by atoms with van der Waals surface area (Å²) in [6, 6.07) is 15.3. The van der Waals surface area contributed by atoms with E-state index in [1.807, 2.05) is 13.0 Å². The highest BCUT2D eigenvalue weighted by atomic mass is 16.4. The van der Waals surface area contributed by atoms with Gasteiger partial charge in [-0.15, -0.1) is 0 Å². The number of carbonyl (C=O) groups excluding carboxylic acids is 2. The number of nitrogens with one attached hydrogen (secondary N) is 2. The van der Waals surface area contributed by atoms with Gasteiger partial charge in [0.25, 0.3) is 11.8 Å². The van der Waals surface area contributed by atoms with Gasteiger partial charge in [-0.25, -0.2) is 0 Å². The molecule has 0 fully saturated rings. The first kappa shape index (κ1) is 21.2. The molecule has 1 unspecified atom stereocenters. The highest BCUT2D eigenvalue weighted by Gasteiger charge is 2.39. The average molecular weight is 382 g/mol. The molecule has 2 amide bonds. The van der Waals surface area contributed by atoms with Crippen LogP contribution in [-0.2, 0) is 10.2 Å². The molecule has 0 saturated heterocycles. The van der Waals surface area contributed by atoms with Crippen molar-refractivity contribution in [1.82, 2.24) is 10.6 Å². The molecule has 148 valence electrons. The molecule has 0 aliphatic carbocycles. The first-order valence-corrected chi connectivity index (χ1v) is 9.40. The van der Waals surface area contributed by atoms with Gasteiger partial charge in [-0.2, -0.15) is 0 Å². The number of carbonyl (C=O) groups is 3. The van der Waals surface area contributed by atoms with Crippen LogP contribution in [0.1, 0.15) is 53.0 Å². The van der Waals surface area contributed by atoms with E-state index in [1.165, 1.54) is 6.07 Å². The van der Waals surface area contributed by atoms with Crippen LogP contribution in [0.3, 0.4) is 0 Å². The first-order valence-electron chi connectivity index (χ1n) is 9.40. The lowest BCUT2D eigenvalue weighted by atomic mass is 9.78. The third-order valence-electron chi connectivity index (χ3n) is 4.81. The fourth-order valence-corrected chi connectivity index (χ4v) is 3.01. The van der Waals surface area contributed by atoms with E-state index in [1.54, 1.807) is 49.4 Å². The molecule has 3 N–H and O–H groups in total. The number of aliphatic carboxylic acids is 1. The van der Waals surface area contributed by atoms with Crippen molar-refractivity contribution in [3.05, 3.63) is 71.3 Å². The lowest BCUT2D eigenvalue weighted by Crippen LogP contribution is -2.46. The van der Waals surface area contributed by atoms with Crippen molar-refractivity contribution in [2.45, 2.75) is 32.1 Å². The normalized spacial score (nSPS) is 12.6. The van der Waals surface area contributed by atoms with Crippen LogP contribution in [0.25, 0.3) is 0 Å². The van der Waals surface area contributed by atoms with Crippen molar-refractivity contribution in [1.29, 1.82) is 0 Å². The summed E-state index contributed by atoms with van der Waals surface area (Å²) in [5, 5.41) is 15.4. The largest absolute Gasteiger partial charge is 0.481 e. The number of hydrogen-bond donors (Lipinski definition) is 3. The summed E-state index contributed by atoms with van der Waals surface area (Å²) >= 11 is 0. The maximum atomic E-state index is 12.6. The second-order valence-electron chi connectivity index (χ2n) is 6.63. The summed E-state index contributed by atoms with van der Waals surface area (Å²) in [6.45, 7) is 4.25. The van der Waals surface area contributed by atoms with E-state index in [0.29, 0.717) is 29.7 Å². The fourth-order valence-electron chi connectivity index (χ4n) is 3.01. The Morgan fingerprint density at radius 2 is 1.50 bits per heavy atom. The molecule has 0 bridgehead atoms. The molecule has 0 aliphatic heterocycles. The Labute approximate surface area is 165 Å². The van der Waals surface area contributed by atoms with Crippen LogP contribution in [0.5, 0.6) is 0 Å². The summed E-state index contributed by atoms with van der Waals surface area (Å²) in [5.41, 5.74) is 0.127. The van der Waals surface area contributed by atoms with Crippen LogP contribution in [0.15, 0.2) is 54.6 Å². The minimum atomic E-state index is -1.22. The van der Waals surface area contributed by atoms with E-state index in [4.69, 9.17) is 0 Å². The van der Waals surface area contributed by atoms with Crippen molar-refractivity contribution >= 4 is 17.8 Å². The highest BCUT2D eigenvalue weighted by Crippen LogP contribution is 2.28. The fraction of sp³-hybridized carbons (Fsp3) is 0.318. The minimum absolute atomic E-state index is 0.0477. The molecule has 0 spiro atoms. The molecule has 0 aromatic heterocycles. The van der Waals surface area contributed by atoms with Crippen molar-refractivity contribution < 1.29 is 19.5 Å². The molecule has 2 rings (SSSR count). The summed E-state index contributed by atoms with van der Waals surface area (Å²) in [7, 11) is 0. The Bertz CT molecular complexity index is 835. The molecule has 0 heterocycles. The molecule has 6 heteroatoms. The monoisotopic (exact) mass is 382 g/mol. The lowest BCUT2D eigenvalue weighted by molar-refractivity contribution is -0.143. The second kappa shape index (κ2) is 9.69. The molecule has 6 nitrogen and oxygen atoms in total. The van der Waals surface area contributed by atoms with Crippen LogP contribution in [-0.4, -0.2) is 36.0 Å². The van der Waals surface area contributed by atoms with E-state index in [-0.39, 0.29) is 12.5 Å². The van der Waals surface area contributed by atoms with Gasteiger partial charge in [0, 0.05) is 24.2 Å². The van der Waals surface area contributed by atoms with Gasteiger partial charge in [0.05, 0.1) is 0 Å². The van der Waals surface area contributed by atoms with Gasteiger partial charge in [-0.05, 0) is 36.6 Å². The molecule has 1 atom stereocenters. The smallest absolute Gasteiger partial charge is 0.315 e. The molecule has 0 aliphatic rings. The zero-order chi connectivity index (χ0) is 20.6.